The number of carbonyl (C=O) groups is 1. The first-order valence-corrected chi connectivity index (χ1v) is 5.58. The summed E-state index contributed by atoms with van der Waals surface area (Å²) in [4.78, 5) is 13.2. The highest BCUT2D eigenvalue weighted by Gasteiger charge is 2.11. The fourth-order valence-corrected chi connectivity index (χ4v) is 1.51. The molecule has 2 amide bonds. The SMILES string of the molecule is C[C@H](C#N)CN(C)C(=O)Nc1cccc(Cl)c1. The Morgan fingerprint density at radius 1 is 1.65 bits per heavy atom. The molecular weight excluding hydrogens is 238 g/mol. The maximum absolute atomic E-state index is 11.7. The fourth-order valence-electron chi connectivity index (χ4n) is 1.32. The van der Waals surface area contributed by atoms with Crippen molar-refractivity contribution in [1.82, 2.24) is 4.90 Å². The minimum Gasteiger partial charge on any atom is -0.326 e. The van der Waals surface area contributed by atoms with Gasteiger partial charge in [0.05, 0.1) is 12.0 Å². The highest BCUT2D eigenvalue weighted by Crippen LogP contribution is 2.15. The highest BCUT2D eigenvalue weighted by atomic mass is 35.5. The van der Waals surface area contributed by atoms with Gasteiger partial charge in [-0.25, -0.2) is 4.79 Å². The summed E-state index contributed by atoms with van der Waals surface area (Å²) in [5, 5.41) is 11.9. The highest BCUT2D eigenvalue weighted by molar-refractivity contribution is 6.30. The van der Waals surface area contributed by atoms with Crippen molar-refractivity contribution in [2.75, 3.05) is 18.9 Å². The maximum atomic E-state index is 11.7. The number of anilines is 1. The maximum Gasteiger partial charge on any atom is 0.321 e. The molecule has 5 heteroatoms. The first kappa shape index (κ1) is 13.3. The number of urea groups is 1. The Kier molecular flexibility index (Phi) is 4.80. The molecule has 0 unspecified atom stereocenters. The summed E-state index contributed by atoms with van der Waals surface area (Å²) in [6, 6.07) is 8.74. The zero-order valence-electron chi connectivity index (χ0n) is 9.77. The van der Waals surface area contributed by atoms with Gasteiger partial charge in [-0.3, -0.25) is 0 Å². The molecule has 17 heavy (non-hydrogen) atoms. The van der Waals surface area contributed by atoms with Crippen LogP contribution in [-0.2, 0) is 0 Å². The van der Waals surface area contributed by atoms with Crippen LogP contribution in [0, 0.1) is 17.2 Å². The van der Waals surface area contributed by atoms with Gasteiger partial charge in [-0.1, -0.05) is 17.7 Å². The van der Waals surface area contributed by atoms with Gasteiger partial charge in [0.2, 0.25) is 0 Å². The second-order valence-electron chi connectivity index (χ2n) is 3.85. The van der Waals surface area contributed by atoms with Crippen molar-refractivity contribution in [2.24, 2.45) is 5.92 Å². The van der Waals surface area contributed by atoms with Gasteiger partial charge in [-0.05, 0) is 25.1 Å². The Morgan fingerprint density at radius 3 is 2.94 bits per heavy atom. The second-order valence-corrected chi connectivity index (χ2v) is 4.29. The average molecular weight is 252 g/mol. The van der Waals surface area contributed by atoms with Crippen LogP contribution in [-0.4, -0.2) is 24.5 Å². The molecule has 0 aromatic heterocycles. The number of rotatable bonds is 3. The molecule has 0 aliphatic heterocycles. The first-order valence-electron chi connectivity index (χ1n) is 5.20. The number of hydrogen-bond acceptors (Lipinski definition) is 2. The number of benzene rings is 1. The van der Waals surface area contributed by atoms with E-state index >= 15 is 0 Å². The topological polar surface area (TPSA) is 56.1 Å². The van der Waals surface area contributed by atoms with Crippen LogP contribution < -0.4 is 5.32 Å². The van der Waals surface area contributed by atoms with E-state index in [0.29, 0.717) is 17.3 Å². The van der Waals surface area contributed by atoms with E-state index in [2.05, 4.69) is 11.4 Å². The molecule has 0 radical (unpaired) electrons. The van der Waals surface area contributed by atoms with Crippen LogP contribution in [0.2, 0.25) is 5.02 Å². The molecule has 0 fully saturated rings. The lowest BCUT2D eigenvalue weighted by Crippen LogP contribution is -2.34. The lowest BCUT2D eigenvalue weighted by Gasteiger charge is -2.18. The number of carbonyl (C=O) groups excluding carboxylic acids is 1. The minimum atomic E-state index is -0.255. The van der Waals surface area contributed by atoms with Crippen LogP contribution in [0.4, 0.5) is 10.5 Å². The van der Waals surface area contributed by atoms with Gasteiger partial charge < -0.3 is 10.2 Å². The summed E-state index contributed by atoms with van der Waals surface area (Å²) in [7, 11) is 1.65. The predicted molar refractivity (Wildman–Crippen MR) is 67.9 cm³/mol. The zero-order valence-corrected chi connectivity index (χ0v) is 10.5. The molecule has 0 aliphatic rings. The van der Waals surface area contributed by atoms with Crippen LogP contribution in [0.1, 0.15) is 6.92 Å². The molecule has 1 rings (SSSR count). The molecule has 1 aromatic rings. The molecule has 0 heterocycles. The zero-order chi connectivity index (χ0) is 12.8. The van der Waals surface area contributed by atoms with E-state index in [1.165, 1.54) is 4.90 Å². The summed E-state index contributed by atoms with van der Waals surface area (Å²) in [5.74, 6) is -0.190. The molecule has 1 N–H and O–H groups in total. The van der Waals surface area contributed by atoms with Gasteiger partial charge in [0.25, 0.3) is 0 Å². The Balaban J connectivity index is 2.58. The lowest BCUT2D eigenvalue weighted by atomic mass is 10.2. The van der Waals surface area contributed by atoms with E-state index in [0.717, 1.165) is 0 Å². The Bertz CT molecular complexity index is 442. The van der Waals surface area contributed by atoms with Gasteiger partial charge in [-0.15, -0.1) is 0 Å². The van der Waals surface area contributed by atoms with E-state index in [1.54, 1.807) is 38.2 Å². The van der Waals surface area contributed by atoms with Crippen LogP contribution in [0.5, 0.6) is 0 Å². The van der Waals surface area contributed by atoms with Crippen molar-refractivity contribution >= 4 is 23.3 Å². The minimum absolute atomic E-state index is 0.190. The molecule has 90 valence electrons. The van der Waals surface area contributed by atoms with Crippen molar-refractivity contribution in [3.8, 4) is 6.07 Å². The summed E-state index contributed by atoms with van der Waals surface area (Å²) >= 11 is 5.81. The fraction of sp³-hybridized carbons (Fsp3) is 0.333. The van der Waals surface area contributed by atoms with Gasteiger partial charge >= 0.3 is 6.03 Å². The summed E-state index contributed by atoms with van der Waals surface area (Å²) < 4.78 is 0. The van der Waals surface area contributed by atoms with Gasteiger partial charge in [0, 0.05) is 24.3 Å². The normalized spacial score (nSPS) is 11.4. The van der Waals surface area contributed by atoms with Crippen molar-refractivity contribution in [3.63, 3.8) is 0 Å². The standard InChI is InChI=1S/C12H14ClN3O/c1-9(7-14)8-16(2)12(17)15-11-5-3-4-10(13)6-11/h3-6,9H,8H2,1-2H3,(H,15,17)/t9-/m1/s1. The number of nitrogens with zero attached hydrogens (tertiary/aromatic N) is 2. The summed E-state index contributed by atoms with van der Waals surface area (Å²) in [5.41, 5.74) is 0.638. The third kappa shape index (κ3) is 4.33. The second kappa shape index (κ2) is 6.12. The molecule has 1 aromatic carbocycles. The van der Waals surface area contributed by atoms with Gasteiger partial charge in [0.1, 0.15) is 0 Å². The number of amides is 2. The summed E-state index contributed by atoms with van der Waals surface area (Å²) in [6.45, 7) is 2.16. The van der Waals surface area contributed by atoms with E-state index in [4.69, 9.17) is 16.9 Å². The molecule has 1 atom stereocenters. The number of nitrogens with one attached hydrogen (secondary N) is 1. The monoisotopic (exact) mass is 251 g/mol. The lowest BCUT2D eigenvalue weighted by molar-refractivity contribution is 0.219. The first-order chi connectivity index (χ1) is 8.02. The van der Waals surface area contributed by atoms with Crippen molar-refractivity contribution in [3.05, 3.63) is 29.3 Å². The van der Waals surface area contributed by atoms with E-state index in [9.17, 15) is 4.79 Å². The van der Waals surface area contributed by atoms with E-state index in [1.807, 2.05) is 0 Å². The third-order valence-electron chi connectivity index (χ3n) is 2.19. The van der Waals surface area contributed by atoms with E-state index in [-0.39, 0.29) is 11.9 Å². The third-order valence-corrected chi connectivity index (χ3v) is 2.43. The molecule has 0 bridgehead atoms. The van der Waals surface area contributed by atoms with E-state index < -0.39 is 0 Å². The Morgan fingerprint density at radius 2 is 2.35 bits per heavy atom. The van der Waals surface area contributed by atoms with Crippen molar-refractivity contribution < 1.29 is 4.79 Å². The van der Waals surface area contributed by atoms with Crippen LogP contribution in [0.25, 0.3) is 0 Å². The Labute approximate surface area is 106 Å². The number of nitriles is 1. The van der Waals surface area contributed by atoms with Crippen LogP contribution in [0.3, 0.4) is 0 Å². The molecular formula is C12H14ClN3O. The van der Waals surface area contributed by atoms with Gasteiger partial charge in [-0.2, -0.15) is 5.26 Å². The molecule has 0 saturated carbocycles. The number of hydrogen-bond donors (Lipinski definition) is 1. The predicted octanol–water partition coefficient (Wildman–Crippen LogP) is 2.96. The quantitative estimate of drug-likeness (QED) is 0.898. The average Bonchev–Trinajstić information content (AvgIpc) is 2.28. The molecule has 0 saturated heterocycles. The molecule has 4 nitrogen and oxygen atoms in total. The van der Waals surface area contributed by atoms with Gasteiger partial charge in [0.15, 0.2) is 0 Å². The molecule has 0 aliphatic carbocycles. The van der Waals surface area contributed by atoms with Crippen LogP contribution >= 0.6 is 11.6 Å². The number of halogens is 1. The van der Waals surface area contributed by atoms with Crippen molar-refractivity contribution in [2.45, 2.75) is 6.92 Å². The summed E-state index contributed by atoms with van der Waals surface area (Å²) in [6.07, 6.45) is 0. The Hall–Kier alpha value is -1.73. The largest absolute Gasteiger partial charge is 0.326 e. The van der Waals surface area contributed by atoms with Crippen LogP contribution in [0.15, 0.2) is 24.3 Å². The molecule has 0 spiro atoms. The van der Waals surface area contributed by atoms with Crippen molar-refractivity contribution in [1.29, 1.82) is 5.26 Å². The smallest absolute Gasteiger partial charge is 0.321 e.